The van der Waals surface area contributed by atoms with Crippen LogP contribution in [-0.2, 0) is 31.8 Å². The maximum Gasteiger partial charge on any atom is 0.251 e. The van der Waals surface area contributed by atoms with Gasteiger partial charge in [-0.1, -0.05) is 72.8 Å². The standard InChI is InChI=1S/C35H37N4O7P/c1-22-17-29(35(44)39(22)30(33(36)42)18-24-11-15-28(40)16-12-24)37-31(41)21-47(45,46)32(19-23-7-3-2-4-8-23)38-34(43)27-14-13-25-9-5-6-10-26(25)20-27/h2-16,20,22,29-30,32,40H,17-19,21H2,1H3,(H2,36,42)(H,37,41)(H,38,43)(H,45,46)/t22?,29-,30-,32?/m0/s1. The first-order valence-electron chi connectivity index (χ1n) is 15.2. The fraction of sp³-hybridized carbons (Fsp3) is 0.257. The summed E-state index contributed by atoms with van der Waals surface area (Å²) in [5.74, 6) is -3.90. The molecule has 12 heteroatoms. The van der Waals surface area contributed by atoms with E-state index in [1.165, 1.54) is 17.0 Å². The van der Waals surface area contributed by atoms with Gasteiger partial charge in [-0.25, -0.2) is 0 Å². The average Bonchev–Trinajstić information content (AvgIpc) is 3.31. The second kappa shape index (κ2) is 14.2. The van der Waals surface area contributed by atoms with Crippen LogP contribution in [0.25, 0.3) is 10.8 Å². The summed E-state index contributed by atoms with van der Waals surface area (Å²) in [5.41, 5.74) is 7.34. The Morgan fingerprint density at radius 1 is 0.915 bits per heavy atom. The molecule has 6 N–H and O–H groups in total. The maximum absolute atomic E-state index is 13.8. The fourth-order valence-corrected chi connectivity index (χ4v) is 7.52. The summed E-state index contributed by atoms with van der Waals surface area (Å²) < 4.78 is 13.8. The molecule has 1 fully saturated rings. The number of rotatable bonds is 12. The molecule has 244 valence electrons. The van der Waals surface area contributed by atoms with E-state index >= 15 is 0 Å². The zero-order valence-electron chi connectivity index (χ0n) is 25.8. The van der Waals surface area contributed by atoms with E-state index < -0.39 is 61.1 Å². The second-order valence-electron chi connectivity index (χ2n) is 11.9. The highest BCUT2D eigenvalue weighted by molar-refractivity contribution is 7.59. The third-order valence-corrected chi connectivity index (χ3v) is 10.4. The van der Waals surface area contributed by atoms with Gasteiger partial charge in [-0.3, -0.25) is 23.7 Å². The van der Waals surface area contributed by atoms with Crippen LogP contribution < -0.4 is 16.4 Å². The summed E-state index contributed by atoms with van der Waals surface area (Å²) in [6.07, 6.45) is -0.582. The van der Waals surface area contributed by atoms with Gasteiger partial charge in [-0.05, 0) is 59.5 Å². The molecule has 1 heterocycles. The van der Waals surface area contributed by atoms with Gasteiger partial charge < -0.3 is 31.3 Å². The van der Waals surface area contributed by atoms with Crippen molar-refractivity contribution < 1.29 is 33.7 Å². The molecule has 47 heavy (non-hydrogen) atoms. The maximum atomic E-state index is 13.8. The van der Waals surface area contributed by atoms with Crippen LogP contribution in [0.15, 0.2) is 97.1 Å². The molecule has 4 aromatic rings. The van der Waals surface area contributed by atoms with Gasteiger partial charge in [0, 0.05) is 24.4 Å². The van der Waals surface area contributed by atoms with Crippen molar-refractivity contribution in [2.45, 2.75) is 50.1 Å². The number of hydrogen-bond donors (Lipinski definition) is 5. The number of fused-ring (bicyclic) bond motifs is 1. The number of carbonyl (C=O) groups is 4. The van der Waals surface area contributed by atoms with Crippen LogP contribution in [-0.4, -0.2) is 68.6 Å². The molecule has 0 radical (unpaired) electrons. The molecular weight excluding hydrogens is 619 g/mol. The molecule has 3 unspecified atom stereocenters. The summed E-state index contributed by atoms with van der Waals surface area (Å²) in [5, 5.41) is 16.6. The lowest BCUT2D eigenvalue weighted by atomic mass is 10.0. The first-order chi connectivity index (χ1) is 22.4. The molecular formula is C35H37N4O7P. The third-order valence-electron chi connectivity index (χ3n) is 8.41. The monoisotopic (exact) mass is 656 g/mol. The first kappa shape index (κ1) is 33.4. The lowest BCUT2D eigenvalue weighted by Crippen LogP contribution is -2.52. The van der Waals surface area contributed by atoms with E-state index in [9.17, 15) is 33.7 Å². The van der Waals surface area contributed by atoms with Crippen molar-refractivity contribution in [1.82, 2.24) is 15.5 Å². The van der Waals surface area contributed by atoms with Crippen molar-refractivity contribution in [3.05, 3.63) is 114 Å². The van der Waals surface area contributed by atoms with Gasteiger partial charge in [-0.2, -0.15) is 0 Å². The van der Waals surface area contributed by atoms with Crippen LogP contribution in [0.4, 0.5) is 0 Å². The number of hydrogen-bond acceptors (Lipinski definition) is 6. The Balaban J connectivity index is 1.29. The van der Waals surface area contributed by atoms with E-state index in [1.807, 2.05) is 24.3 Å². The minimum absolute atomic E-state index is 0.00799. The molecule has 0 bridgehead atoms. The van der Waals surface area contributed by atoms with Crippen molar-refractivity contribution in [2.75, 3.05) is 6.16 Å². The Bertz CT molecular complexity index is 1830. The second-order valence-corrected chi connectivity index (χ2v) is 14.3. The Kier molecular flexibility index (Phi) is 10.1. The summed E-state index contributed by atoms with van der Waals surface area (Å²) >= 11 is 0. The van der Waals surface area contributed by atoms with Crippen molar-refractivity contribution in [1.29, 1.82) is 0 Å². The average molecular weight is 657 g/mol. The predicted octanol–water partition coefficient (Wildman–Crippen LogP) is 3.32. The van der Waals surface area contributed by atoms with E-state index in [1.54, 1.807) is 67.6 Å². The summed E-state index contributed by atoms with van der Waals surface area (Å²) in [6.45, 7) is 1.73. The summed E-state index contributed by atoms with van der Waals surface area (Å²) in [4.78, 5) is 65.0. The van der Waals surface area contributed by atoms with Gasteiger partial charge >= 0.3 is 0 Å². The molecule has 5 atom stereocenters. The molecule has 0 aromatic heterocycles. The van der Waals surface area contributed by atoms with E-state index in [-0.39, 0.29) is 25.0 Å². The summed E-state index contributed by atoms with van der Waals surface area (Å²) in [6, 6.07) is 25.2. The van der Waals surface area contributed by atoms with Crippen LogP contribution in [0.1, 0.15) is 34.8 Å². The van der Waals surface area contributed by atoms with Crippen molar-refractivity contribution in [3.8, 4) is 5.75 Å². The SMILES string of the molecule is CC1C[C@H](NC(=O)CP(=O)(O)C(Cc2ccccc2)NC(=O)c2ccc3ccccc3c2)C(=O)N1[C@@H](Cc1ccc(O)cc1)C(N)=O. The lowest BCUT2D eigenvalue weighted by Gasteiger charge is -2.29. The van der Waals surface area contributed by atoms with Gasteiger partial charge in [-0.15, -0.1) is 0 Å². The molecule has 4 aromatic carbocycles. The quantitative estimate of drug-likeness (QED) is 0.145. The minimum atomic E-state index is -4.40. The van der Waals surface area contributed by atoms with Gasteiger partial charge in [0.2, 0.25) is 25.1 Å². The fourth-order valence-electron chi connectivity index (χ4n) is 5.98. The van der Waals surface area contributed by atoms with Crippen molar-refractivity contribution in [2.24, 2.45) is 5.73 Å². The largest absolute Gasteiger partial charge is 0.508 e. The smallest absolute Gasteiger partial charge is 0.251 e. The number of benzene rings is 4. The van der Waals surface area contributed by atoms with Crippen LogP contribution in [0.3, 0.4) is 0 Å². The number of likely N-dealkylation sites (tertiary alicyclic amines) is 1. The number of nitrogens with zero attached hydrogens (tertiary/aromatic N) is 1. The number of carbonyl (C=O) groups excluding carboxylic acids is 4. The number of nitrogens with two attached hydrogens (primary N) is 1. The predicted molar refractivity (Wildman–Crippen MR) is 178 cm³/mol. The zero-order valence-corrected chi connectivity index (χ0v) is 26.7. The topological polar surface area (TPSA) is 179 Å². The van der Waals surface area contributed by atoms with E-state index in [2.05, 4.69) is 10.6 Å². The number of phenols is 1. The normalized spacial score (nSPS) is 18.7. The summed E-state index contributed by atoms with van der Waals surface area (Å²) in [7, 11) is -4.40. The molecule has 0 aliphatic carbocycles. The molecule has 1 aliphatic rings. The molecule has 1 saturated heterocycles. The van der Waals surface area contributed by atoms with Crippen LogP contribution >= 0.6 is 7.37 Å². The highest BCUT2D eigenvalue weighted by atomic mass is 31.2. The highest BCUT2D eigenvalue weighted by Crippen LogP contribution is 2.46. The van der Waals surface area contributed by atoms with Gasteiger partial charge in [0.15, 0.2) is 0 Å². The molecule has 0 saturated carbocycles. The first-order valence-corrected chi connectivity index (χ1v) is 17.2. The van der Waals surface area contributed by atoms with Gasteiger partial charge in [0.05, 0.1) is 0 Å². The van der Waals surface area contributed by atoms with E-state index in [0.717, 1.165) is 10.8 Å². The highest BCUT2D eigenvalue weighted by Gasteiger charge is 2.44. The number of phenolic OH excluding ortho intramolecular Hbond substituents is 1. The lowest BCUT2D eigenvalue weighted by molar-refractivity contribution is -0.139. The molecule has 0 spiro atoms. The van der Waals surface area contributed by atoms with Crippen molar-refractivity contribution >= 4 is 41.8 Å². The number of aromatic hydroxyl groups is 1. The van der Waals surface area contributed by atoms with Crippen LogP contribution in [0.5, 0.6) is 5.75 Å². The zero-order chi connectivity index (χ0) is 33.7. The molecule has 1 aliphatic heterocycles. The number of primary amides is 1. The Labute approximate surface area is 272 Å². The molecule has 5 rings (SSSR count). The Hall–Kier alpha value is -4.99. The Morgan fingerprint density at radius 2 is 1.55 bits per heavy atom. The van der Waals surface area contributed by atoms with Gasteiger partial charge in [0.1, 0.15) is 29.8 Å². The number of nitrogens with one attached hydrogen (secondary N) is 2. The minimum Gasteiger partial charge on any atom is -0.508 e. The van der Waals surface area contributed by atoms with Crippen molar-refractivity contribution in [3.63, 3.8) is 0 Å². The molecule has 4 amide bonds. The Morgan fingerprint density at radius 3 is 2.23 bits per heavy atom. The van der Waals surface area contributed by atoms with E-state index in [4.69, 9.17) is 5.73 Å². The molecule has 11 nitrogen and oxygen atoms in total. The van der Waals surface area contributed by atoms with E-state index in [0.29, 0.717) is 16.7 Å². The number of amides is 4. The van der Waals surface area contributed by atoms with Crippen LogP contribution in [0, 0.1) is 0 Å². The third kappa shape index (κ3) is 8.06. The van der Waals surface area contributed by atoms with Crippen LogP contribution in [0.2, 0.25) is 0 Å². The van der Waals surface area contributed by atoms with Gasteiger partial charge in [0.25, 0.3) is 5.91 Å².